The summed E-state index contributed by atoms with van der Waals surface area (Å²) in [7, 11) is 0. The van der Waals surface area contributed by atoms with Crippen LogP contribution in [0.25, 0.3) is 0 Å². The van der Waals surface area contributed by atoms with Crippen LogP contribution >= 0.6 is 12.4 Å². The van der Waals surface area contributed by atoms with E-state index >= 15 is 0 Å². The van der Waals surface area contributed by atoms with Crippen molar-refractivity contribution in [2.24, 2.45) is 0 Å². The molecule has 13 heavy (non-hydrogen) atoms. The highest BCUT2D eigenvalue weighted by molar-refractivity contribution is 5.85. The maximum absolute atomic E-state index is 10.3. The lowest BCUT2D eigenvalue weighted by Gasteiger charge is -1.99. The maximum atomic E-state index is 10.3. The molecule has 0 spiro atoms. The Morgan fingerprint density at radius 2 is 1.92 bits per heavy atom. The van der Waals surface area contributed by atoms with E-state index in [4.69, 9.17) is 5.11 Å². The van der Waals surface area contributed by atoms with Crippen molar-refractivity contribution < 1.29 is 15.4 Å². The first kappa shape index (κ1) is 14.5. The highest BCUT2D eigenvalue weighted by Crippen LogP contribution is 2.06. The van der Waals surface area contributed by atoms with Gasteiger partial charge in [0.15, 0.2) is 0 Å². The van der Waals surface area contributed by atoms with Gasteiger partial charge in [0.05, 0.1) is 6.42 Å². The van der Waals surface area contributed by atoms with E-state index in [1.54, 1.807) is 0 Å². The summed E-state index contributed by atoms with van der Waals surface area (Å²) in [5, 5.41) is 8.49. The topological polar surface area (TPSA) is 68.8 Å². The number of hydrogen-bond acceptors (Lipinski definition) is 1. The number of carboxylic acid groups (broad SMARTS) is 1. The highest BCUT2D eigenvalue weighted by Gasteiger charge is 2.01. The molecule has 0 aromatic heterocycles. The van der Waals surface area contributed by atoms with Crippen molar-refractivity contribution in [3.8, 4) is 0 Å². The third-order valence-electron chi connectivity index (χ3n) is 1.60. The minimum Gasteiger partial charge on any atom is -0.481 e. The maximum Gasteiger partial charge on any atom is 0.307 e. The lowest BCUT2D eigenvalue weighted by molar-refractivity contribution is -0.136. The van der Waals surface area contributed by atoms with E-state index in [2.05, 4.69) is 0 Å². The number of aliphatic carboxylic acids is 1. The molecule has 0 unspecified atom stereocenters. The SMILES string of the molecule is Cc1ccccc1CC(=O)O.Cl.O. The molecular formula is C9H13ClO3. The first-order chi connectivity index (χ1) is 5.20. The number of rotatable bonds is 2. The molecule has 0 bridgehead atoms. The standard InChI is InChI=1S/C9H10O2.ClH.H2O/c1-7-4-2-3-5-8(7)6-9(10)11;;/h2-5H,6H2,1H3,(H,10,11);1H;1H2. The summed E-state index contributed by atoms with van der Waals surface area (Å²) >= 11 is 0. The van der Waals surface area contributed by atoms with E-state index in [-0.39, 0.29) is 24.3 Å². The Bertz CT molecular complexity index is 273. The Labute approximate surface area is 83.1 Å². The molecule has 74 valence electrons. The Kier molecular flexibility index (Phi) is 7.18. The van der Waals surface area contributed by atoms with Crippen LogP contribution in [0.2, 0.25) is 0 Å². The van der Waals surface area contributed by atoms with Gasteiger partial charge in [0.2, 0.25) is 0 Å². The first-order valence-electron chi connectivity index (χ1n) is 3.46. The van der Waals surface area contributed by atoms with Gasteiger partial charge in [-0.1, -0.05) is 24.3 Å². The molecule has 0 heterocycles. The molecule has 0 aliphatic heterocycles. The molecule has 0 aliphatic rings. The van der Waals surface area contributed by atoms with E-state index in [0.29, 0.717) is 0 Å². The van der Waals surface area contributed by atoms with Gasteiger partial charge < -0.3 is 10.6 Å². The molecule has 3 N–H and O–H groups in total. The predicted molar refractivity (Wildman–Crippen MR) is 53.4 cm³/mol. The number of carboxylic acids is 1. The summed E-state index contributed by atoms with van der Waals surface area (Å²) in [5.41, 5.74) is 1.93. The van der Waals surface area contributed by atoms with Gasteiger partial charge in [0.1, 0.15) is 0 Å². The van der Waals surface area contributed by atoms with Crippen LogP contribution in [0.15, 0.2) is 24.3 Å². The van der Waals surface area contributed by atoms with Gasteiger partial charge in [-0.3, -0.25) is 4.79 Å². The van der Waals surface area contributed by atoms with Gasteiger partial charge in [0, 0.05) is 0 Å². The molecule has 1 aromatic rings. The molecule has 1 rings (SSSR count). The molecule has 0 fully saturated rings. The largest absolute Gasteiger partial charge is 0.481 e. The smallest absolute Gasteiger partial charge is 0.307 e. The second kappa shape index (κ2) is 6.46. The van der Waals surface area contributed by atoms with Gasteiger partial charge in [-0.15, -0.1) is 12.4 Å². The zero-order valence-electron chi connectivity index (χ0n) is 7.28. The third-order valence-corrected chi connectivity index (χ3v) is 1.60. The Balaban J connectivity index is 0. The van der Waals surface area contributed by atoms with E-state index in [9.17, 15) is 4.79 Å². The lowest BCUT2D eigenvalue weighted by Crippen LogP contribution is -2.01. The summed E-state index contributed by atoms with van der Waals surface area (Å²) in [6, 6.07) is 7.51. The average Bonchev–Trinajstić information content (AvgIpc) is 1.93. The monoisotopic (exact) mass is 204 g/mol. The molecule has 0 saturated carbocycles. The number of carbonyl (C=O) groups is 1. The van der Waals surface area contributed by atoms with Gasteiger partial charge in [-0.05, 0) is 18.1 Å². The van der Waals surface area contributed by atoms with Crippen molar-refractivity contribution in [2.45, 2.75) is 13.3 Å². The summed E-state index contributed by atoms with van der Waals surface area (Å²) in [6.07, 6.45) is 0.118. The van der Waals surface area contributed by atoms with Crippen molar-refractivity contribution in [3.05, 3.63) is 35.4 Å². The predicted octanol–water partition coefficient (Wildman–Crippen LogP) is 1.22. The molecule has 0 saturated heterocycles. The minimum atomic E-state index is -0.778. The van der Waals surface area contributed by atoms with Crippen LogP contribution in [0.4, 0.5) is 0 Å². The van der Waals surface area contributed by atoms with E-state index in [0.717, 1.165) is 11.1 Å². The summed E-state index contributed by atoms with van der Waals surface area (Å²) in [6.45, 7) is 1.91. The van der Waals surface area contributed by atoms with Gasteiger partial charge >= 0.3 is 5.97 Å². The van der Waals surface area contributed by atoms with Crippen molar-refractivity contribution in [1.29, 1.82) is 0 Å². The van der Waals surface area contributed by atoms with E-state index < -0.39 is 5.97 Å². The second-order valence-corrected chi connectivity index (χ2v) is 2.50. The van der Waals surface area contributed by atoms with Crippen LogP contribution in [0.1, 0.15) is 11.1 Å². The molecule has 3 nitrogen and oxygen atoms in total. The number of halogens is 1. The fourth-order valence-electron chi connectivity index (χ4n) is 0.971. The number of hydrogen-bond donors (Lipinski definition) is 1. The average molecular weight is 205 g/mol. The molecule has 0 aliphatic carbocycles. The fraction of sp³-hybridized carbons (Fsp3) is 0.222. The van der Waals surface area contributed by atoms with E-state index in [1.807, 2.05) is 31.2 Å². The van der Waals surface area contributed by atoms with Gasteiger partial charge in [-0.25, -0.2) is 0 Å². The molecule has 4 heteroatoms. The van der Waals surface area contributed by atoms with Crippen LogP contribution in [-0.4, -0.2) is 16.6 Å². The summed E-state index contributed by atoms with van der Waals surface area (Å²) < 4.78 is 0. The lowest BCUT2D eigenvalue weighted by atomic mass is 10.1. The number of benzene rings is 1. The van der Waals surface area contributed by atoms with E-state index in [1.165, 1.54) is 0 Å². The van der Waals surface area contributed by atoms with Crippen LogP contribution in [0.5, 0.6) is 0 Å². The van der Waals surface area contributed by atoms with Crippen molar-refractivity contribution in [3.63, 3.8) is 0 Å². The quantitative estimate of drug-likeness (QED) is 0.787. The van der Waals surface area contributed by atoms with Gasteiger partial charge in [-0.2, -0.15) is 0 Å². The summed E-state index contributed by atoms with van der Waals surface area (Å²) in [5.74, 6) is -0.778. The fourth-order valence-corrected chi connectivity index (χ4v) is 0.971. The molecule has 1 aromatic carbocycles. The first-order valence-corrected chi connectivity index (χ1v) is 3.46. The van der Waals surface area contributed by atoms with Crippen LogP contribution in [-0.2, 0) is 11.2 Å². The highest BCUT2D eigenvalue weighted by atomic mass is 35.5. The Hall–Kier alpha value is -1.06. The molecule has 0 atom stereocenters. The Morgan fingerprint density at radius 1 is 1.38 bits per heavy atom. The van der Waals surface area contributed by atoms with Crippen molar-refractivity contribution >= 4 is 18.4 Å². The summed E-state index contributed by atoms with van der Waals surface area (Å²) in [4.78, 5) is 10.3. The normalized spacial score (nSPS) is 8.08. The van der Waals surface area contributed by atoms with Crippen LogP contribution < -0.4 is 0 Å². The molecular weight excluding hydrogens is 192 g/mol. The van der Waals surface area contributed by atoms with Crippen LogP contribution in [0, 0.1) is 6.92 Å². The van der Waals surface area contributed by atoms with Crippen molar-refractivity contribution in [2.75, 3.05) is 0 Å². The third kappa shape index (κ3) is 4.50. The van der Waals surface area contributed by atoms with Crippen LogP contribution in [0.3, 0.4) is 0 Å². The number of aryl methyl sites for hydroxylation is 1. The Morgan fingerprint density at radius 3 is 2.38 bits per heavy atom. The zero-order chi connectivity index (χ0) is 8.27. The minimum absolute atomic E-state index is 0. The zero-order valence-corrected chi connectivity index (χ0v) is 8.10. The van der Waals surface area contributed by atoms with Gasteiger partial charge in [0.25, 0.3) is 0 Å². The van der Waals surface area contributed by atoms with Crippen molar-refractivity contribution in [1.82, 2.24) is 0 Å². The molecule has 0 radical (unpaired) electrons. The second-order valence-electron chi connectivity index (χ2n) is 2.50. The molecule has 0 amide bonds.